The van der Waals surface area contributed by atoms with Crippen molar-refractivity contribution in [3.8, 4) is 5.75 Å². The highest BCUT2D eigenvalue weighted by Gasteiger charge is 2.33. The van der Waals surface area contributed by atoms with Gasteiger partial charge in [-0.3, -0.25) is 4.48 Å². The molecule has 6 heteroatoms. The molecule has 0 N–H and O–H groups in total. The van der Waals surface area contributed by atoms with Crippen molar-refractivity contribution in [1.29, 1.82) is 0 Å². The van der Waals surface area contributed by atoms with Crippen LogP contribution in [0.3, 0.4) is 0 Å². The lowest BCUT2D eigenvalue weighted by atomic mass is 10.1. The molecule has 0 amide bonds. The van der Waals surface area contributed by atoms with Gasteiger partial charge < -0.3 is 26.5 Å². The monoisotopic (exact) mass is 417 g/mol. The van der Waals surface area contributed by atoms with Crippen molar-refractivity contribution >= 4 is 5.69 Å². The van der Waals surface area contributed by atoms with Crippen LogP contribution in [0, 0.1) is 0 Å². The standard InChI is InChI=1S/C19H32NO4.BrH/c1-4-6-13-21-18-9-7-17(8-10-18)20(3)12-15-22-19(16-20)11-14-24-23-5-2;/h7-10,19H,4-6,11-16H2,1-3H3;1H/q+1;/p-1. The van der Waals surface area contributed by atoms with Gasteiger partial charge in [0.2, 0.25) is 0 Å². The van der Waals surface area contributed by atoms with Gasteiger partial charge in [0.05, 0.1) is 33.5 Å². The molecule has 0 bridgehead atoms. The molecule has 0 spiro atoms. The average molecular weight is 418 g/mol. The Hall–Kier alpha value is -0.660. The predicted octanol–water partition coefficient (Wildman–Crippen LogP) is 0.564. The Morgan fingerprint density at radius 2 is 1.88 bits per heavy atom. The zero-order valence-electron chi connectivity index (χ0n) is 15.7. The van der Waals surface area contributed by atoms with Crippen molar-refractivity contribution in [3.63, 3.8) is 0 Å². The van der Waals surface area contributed by atoms with Crippen LogP contribution in [-0.2, 0) is 14.5 Å². The molecule has 1 aromatic rings. The molecule has 1 aliphatic rings. The van der Waals surface area contributed by atoms with Crippen LogP contribution in [0.5, 0.6) is 5.75 Å². The number of rotatable bonds is 10. The summed E-state index contributed by atoms with van der Waals surface area (Å²) in [6.07, 6.45) is 3.30. The number of likely N-dealkylation sites (N-methyl/N-ethyl adjacent to an activating group) is 1. The van der Waals surface area contributed by atoms with Gasteiger partial charge in [-0.25, -0.2) is 9.78 Å². The molecule has 1 heterocycles. The fourth-order valence-corrected chi connectivity index (χ4v) is 2.98. The average Bonchev–Trinajstić information content (AvgIpc) is 2.60. The molecule has 25 heavy (non-hydrogen) atoms. The van der Waals surface area contributed by atoms with Crippen molar-refractivity contribution in [1.82, 2.24) is 4.48 Å². The van der Waals surface area contributed by atoms with E-state index in [-0.39, 0.29) is 23.1 Å². The Morgan fingerprint density at radius 3 is 2.56 bits per heavy atom. The third-order valence-corrected chi connectivity index (χ3v) is 4.50. The Kier molecular flexibility index (Phi) is 10.6. The van der Waals surface area contributed by atoms with Crippen LogP contribution in [0.2, 0.25) is 0 Å². The van der Waals surface area contributed by atoms with E-state index in [0.29, 0.717) is 13.2 Å². The number of nitrogens with zero attached hydrogens (tertiary/aromatic N) is 1. The first kappa shape index (κ1) is 22.4. The van der Waals surface area contributed by atoms with Crippen molar-refractivity contribution in [2.75, 3.05) is 46.6 Å². The van der Waals surface area contributed by atoms with Crippen LogP contribution in [-0.4, -0.2) is 52.7 Å². The minimum atomic E-state index is 0. The molecule has 2 unspecified atom stereocenters. The van der Waals surface area contributed by atoms with Gasteiger partial charge >= 0.3 is 0 Å². The number of hydrogen-bond acceptors (Lipinski definition) is 4. The van der Waals surface area contributed by atoms with Crippen molar-refractivity contribution in [2.24, 2.45) is 0 Å². The first-order valence-corrected chi connectivity index (χ1v) is 9.12. The third-order valence-electron chi connectivity index (χ3n) is 4.50. The summed E-state index contributed by atoms with van der Waals surface area (Å²) in [5.41, 5.74) is 1.30. The fourth-order valence-electron chi connectivity index (χ4n) is 2.98. The first-order valence-electron chi connectivity index (χ1n) is 9.12. The van der Waals surface area contributed by atoms with Crippen LogP contribution >= 0.6 is 0 Å². The maximum absolute atomic E-state index is 5.89. The minimum Gasteiger partial charge on any atom is -1.00 e. The van der Waals surface area contributed by atoms with Gasteiger partial charge in [0.1, 0.15) is 30.6 Å². The maximum atomic E-state index is 5.89. The molecule has 144 valence electrons. The zero-order chi connectivity index (χ0) is 17.3. The Balaban J connectivity index is 0.00000312. The summed E-state index contributed by atoms with van der Waals surface area (Å²) >= 11 is 0. The van der Waals surface area contributed by atoms with Gasteiger partial charge in [0, 0.05) is 18.6 Å². The number of benzene rings is 1. The molecule has 2 atom stereocenters. The Morgan fingerprint density at radius 1 is 1.12 bits per heavy atom. The van der Waals surface area contributed by atoms with Crippen molar-refractivity contribution in [2.45, 2.75) is 39.2 Å². The minimum absolute atomic E-state index is 0. The number of halogens is 1. The highest BCUT2D eigenvalue weighted by Crippen LogP contribution is 2.27. The summed E-state index contributed by atoms with van der Waals surface area (Å²) in [6, 6.07) is 8.52. The van der Waals surface area contributed by atoms with Gasteiger partial charge in [0.25, 0.3) is 0 Å². The van der Waals surface area contributed by atoms with Gasteiger partial charge in [-0.15, -0.1) is 0 Å². The molecule has 1 saturated heterocycles. The third kappa shape index (κ3) is 7.23. The van der Waals surface area contributed by atoms with Gasteiger partial charge in [0.15, 0.2) is 0 Å². The van der Waals surface area contributed by atoms with Gasteiger partial charge in [-0.05, 0) is 25.5 Å². The molecule has 0 aliphatic carbocycles. The van der Waals surface area contributed by atoms with E-state index in [0.717, 1.165) is 55.8 Å². The summed E-state index contributed by atoms with van der Waals surface area (Å²) in [6.45, 7) is 8.73. The highest BCUT2D eigenvalue weighted by atomic mass is 79.9. The van der Waals surface area contributed by atoms with Crippen LogP contribution in [0.25, 0.3) is 0 Å². The first-order chi connectivity index (χ1) is 11.7. The van der Waals surface area contributed by atoms with Crippen molar-refractivity contribution in [3.05, 3.63) is 24.3 Å². The van der Waals surface area contributed by atoms with E-state index in [4.69, 9.17) is 19.2 Å². The molecule has 5 nitrogen and oxygen atoms in total. The normalized spacial score (nSPS) is 23.1. The van der Waals surface area contributed by atoms with Crippen LogP contribution < -0.4 is 26.2 Å². The lowest BCUT2D eigenvalue weighted by Crippen LogP contribution is -3.00. The van der Waals surface area contributed by atoms with Crippen LogP contribution in [0.15, 0.2) is 24.3 Å². The summed E-state index contributed by atoms with van der Waals surface area (Å²) in [5, 5.41) is 0. The molecule has 1 aliphatic heterocycles. The summed E-state index contributed by atoms with van der Waals surface area (Å²) in [7, 11) is 2.27. The zero-order valence-corrected chi connectivity index (χ0v) is 17.3. The van der Waals surface area contributed by atoms with Crippen LogP contribution in [0.4, 0.5) is 5.69 Å². The lowest BCUT2D eigenvalue weighted by molar-refractivity contribution is -0.294. The van der Waals surface area contributed by atoms with Crippen molar-refractivity contribution < 1.29 is 36.2 Å². The SMILES string of the molecule is CCCCOc1ccc([N+]2(C)CCOC(CCOOCC)C2)cc1.[Br-]. The number of quaternary nitrogens is 1. The Labute approximate surface area is 162 Å². The van der Waals surface area contributed by atoms with E-state index >= 15 is 0 Å². The molecule has 2 rings (SSSR count). The number of ether oxygens (including phenoxy) is 2. The number of hydrogen-bond donors (Lipinski definition) is 0. The molecule has 1 aromatic carbocycles. The van der Waals surface area contributed by atoms with Gasteiger partial charge in [-0.2, -0.15) is 0 Å². The van der Waals surface area contributed by atoms with E-state index in [1.807, 2.05) is 6.92 Å². The fraction of sp³-hybridized carbons (Fsp3) is 0.684. The van der Waals surface area contributed by atoms with Gasteiger partial charge in [-0.1, -0.05) is 13.3 Å². The molecule has 0 radical (unpaired) electrons. The topological polar surface area (TPSA) is 36.9 Å². The summed E-state index contributed by atoms with van der Waals surface area (Å²) in [5.74, 6) is 0.953. The van der Waals surface area contributed by atoms with E-state index in [2.05, 4.69) is 38.2 Å². The predicted molar refractivity (Wildman–Crippen MR) is 96.2 cm³/mol. The smallest absolute Gasteiger partial charge is 0.133 e. The van der Waals surface area contributed by atoms with Crippen LogP contribution in [0.1, 0.15) is 33.1 Å². The molecular formula is C19H32BrNO4. The number of unbranched alkanes of at least 4 members (excludes halogenated alkanes) is 1. The molecule has 1 fully saturated rings. The second-order valence-corrected chi connectivity index (χ2v) is 6.51. The molecule has 0 saturated carbocycles. The molecular weight excluding hydrogens is 386 g/mol. The quantitative estimate of drug-likeness (QED) is 0.241. The number of morpholine rings is 1. The lowest BCUT2D eigenvalue weighted by Gasteiger charge is -2.40. The Bertz CT molecular complexity index is 471. The van der Waals surface area contributed by atoms with E-state index < -0.39 is 0 Å². The summed E-state index contributed by atoms with van der Waals surface area (Å²) < 4.78 is 12.5. The maximum Gasteiger partial charge on any atom is 0.133 e. The van der Waals surface area contributed by atoms with E-state index in [1.165, 1.54) is 5.69 Å². The second-order valence-electron chi connectivity index (χ2n) is 6.51. The molecule has 0 aromatic heterocycles. The largest absolute Gasteiger partial charge is 1.00 e. The van der Waals surface area contributed by atoms with E-state index in [1.54, 1.807) is 0 Å². The highest BCUT2D eigenvalue weighted by molar-refractivity contribution is 5.46. The van der Waals surface area contributed by atoms with E-state index in [9.17, 15) is 0 Å². The summed E-state index contributed by atoms with van der Waals surface area (Å²) in [4.78, 5) is 10.1. The second kappa shape index (κ2) is 11.9.